The van der Waals surface area contributed by atoms with Crippen LogP contribution in [0.2, 0.25) is 0 Å². The van der Waals surface area contributed by atoms with E-state index in [0.29, 0.717) is 23.5 Å². The largest absolute Gasteiger partial charge is 0.495 e. The maximum absolute atomic E-state index is 11.6. The Bertz CT molecular complexity index is 467. The van der Waals surface area contributed by atoms with E-state index in [1.807, 2.05) is 0 Å². The van der Waals surface area contributed by atoms with Gasteiger partial charge in [0, 0.05) is 12.0 Å². The van der Waals surface area contributed by atoms with Crippen molar-refractivity contribution in [3.05, 3.63) is 23.3 Å². The van der Waals surface area contributed by atoms with Gasteiger partial charge in [-0.05, 0) is 19.1 Å². The minimum Gasteiger partial charge on any atom is -0.495 e. The quantitative estimate of drug-likeness (QED) is 0.818. The van der Waals surface area contributed by atoms with Crippen molar-refractivity contribution in [1.29, 1.82) is 0 Å². The molecular weight excluding hydrogens is 236 g/mol. The van der Waals surface area contributed by atoms with Gasteiger partial charge in [-0.3, -0.25) is 0 Å². The fraction of sp³-hybridized carbons (Fsp3) is 0.462. The Morgan fingerprint density at radius 2 is 2.22 bits per heavy atom. The molecule has 1 heterocycles. The lowest BCUT2D eigenvalue weighted by atomic mass is 10.0. The first-order valence-electron chi connectivity index (χ1n) is 5.71. The van der Waals surface area contributed by atoms with E-state index in [9.17, 15) is 9.90 Å². The summed E-state index contributed by atoms with van der Waals surface area (Å²) in [6.07, 6.45) is -0.369. The second kappa shape index (κ2) is 4.86. The Morgan fingerprint density at radius 1 is 1.50 bits per heavy atom. The molecule has 0 aliphatic carbocycles. The standard InChI is InChI=1S/C13H16O5/c1-7(14)11-6-9-10(18-11)5-4-8(12(9)16-2)13(15)17-3/h4-5,7,11,14H,6H2,1-3H3. The molecule has 1 aliphatic heterocycles. The van der Waals surface area contributed by atoms with Gasteiger partial charge in [-0.15, -0.1) is 0 Å². The van der Waals surface area contributed by atoms with Gasteiger partial charge in [0.25, 0.3) is 0 Å². The second-order valence-electron chi connectivity index (χ2n) is 4.22. The van der Waals surface area contributed by atoms with Gasteiger partial charge < -0.3 is 19.3 Å². The highest BCUT2D eigenvalue weighted by atomic mass is 16.5. The molecule has 1 N–H and O–H groups in total. The third-order valence-corrected chi connectivity index (χ3v) is 3.05. The highest BCUT2D eigenvalue weighted by Gasteiger charge is 2.31. The van der Waals surface area contributed by atoms with Crippen LogP contribution in [0.1, 0.15) is 22.8 Å². The van der Waals surface area contributed by atoms with Gasteiger partial charge in [0.2, 0.25) is 0 Å². The number of carbonyl (C=O) groups excluding carboxylic acids is 1. The average Bonchev–Trinajstić information content (AvgIpc) is 2.80. The summed E-state index contributed by atoms with van der Waals surface area (Å²) in [5, 5.41) is 9.56. The van der Waals surface area contributed by atoms with E-state index in [1.54, 1.807) is 19.1 Å². The van der Waals surface area contributed by atoms with Gasteiger partial charge >= 0.3 is 5.97 Å². The molecule has 18 heavy (non-hydrogen) atoms. The monoisotopic (exact) mass is 252 g/mol. The van der Waals surface area contributed by atoms with Crippen LogP contribution in [0.15, 0.2) is 12.1 Å². The van der Waals surface area contributed by atoms with Crippen molar-refractivity contribution in [2.24, 2.45) is 0 Å². The van der Waals surface area contributed by atoms with Gasteiger partial charge in [0.1, 0.15) is 23.2 Å². The molecule has 5 nitrogen and oxygen atoms in total. The molecule has 0 radical (unpaired) electrons. The predicted octanol–water partition coefficient (Wildman–Crippen LogP) is 1.17. The molecule has 0 fully saturated rings. The van der Waals surface area contributed by atoms with Crippen LogP contribution in [0.4, 0.5) is 0 Å². The van der Waals surface area contributed by atoms with Crippen molar-refractivity contribution in [3.63, 3.8) is 0 Å². The number of rotatable bonds is 3. The minimum absolute atomic E-state index is 0.304. The second-order valence-corrected chi connectivity index (χ2v) is 4.22. The molecular formula is C13H16O5. The van der Waals surface area contributed by atoms with Crippen molar-refractivity contribution < 1.29 is 24.1 Å². The van der Waals surface area contributed by atoms with E-state index < -0.39 is 12.1 Å². The lowest BCUT2D eigenvalue weighted by Gasteiger charge is -2.12. The van der Waals surface area contributed by atoms with Crippen LogP contribution in [0.3, 0.4) is 0 Å². The molecule has 0 saturated carbocycles. The summed E-state index contributed by atoms with van der Waals surface area (Å²) in [5.41, 5.74) is 1.17. The van der Waals surface area contributed by atoms with Crippen LogP contribution < -0.4 is 9.47 Å². The van der Waals surface area contributed by atoms with E-state index in [0.717, 1.165) is 5.56 Å². The lowest BCUT2D eigenvalue weighted by Crippen LogP contribution is -2.27. The molecule has 98 valence electrons. The molecule has 2 atom stereocenters. The SMILES string of the molecule is COC(=O)c1ccc2c(c1OC)CC(C(C)O)O2. The molecule has 2 rings (SSSR count). The van der Waals surface area contributed by atoms with Crippen molar-refractivity contribution in [3.8, 4) is 11.5 Å². The molecule has 0 saturated heterocycles. The summed E-state index contributed by atoms with van der Waals surface area (Å²) in [7, 11) is 2.82. The zero-order valence-corrected chi connectivity index (χ0v) is 10.6. The van der Waals surface area contributed by atoms with Gasteiger partial charge in [0.15, 0.2) is 0 Å². The van der Waals surface area contributed by atoms with Crippen LogP contribution in [-0.4, -0.2) is 37.5 Å². The summed E-state index contributed by atoms with van der Waals surface area (Å²) < 4.78 is 15.6. The summed E-state index contributed by atoms with van der Waals surface area (Å²) >= 11 is 0. The Labute approximate surface area is 105 Å². The number of ether oxygens (including phenoxy) is 3. The zero-order chi connectivity index (χ0) is 13.3. The zero-order valence-electron chi connectivity index (χ0n) is 10.6. The van der Waals surface area contributed by atoms with Gasteiger partial charge in [-0.25, -0.2) is 4.79 Å². The Balaban J connectivity index is 2.42. The average molecular weight is 252 g/mol. The van der Waals surface area contributed by atoms with E-state index >= 15 is 0 Å². The topological polar surface area (TPSA) is 65.0 Å². The molecule has 1 aromatic rings. The van der Waals surface area contributed by atoms with Gasteiger partial charge in [-0.2, -0.15) is 0 Å². The number of methoxy groups -OCH3 is 2. The molecule has 2 unspecified atom stereocenters. The molecule has 1 aliphatic rings. The summed E-state index contributed by atoms with van der Waals surface area (Å²) in [6, 6.07) is 3.31. The number of hydrogen-bond acceptors (Lipinski definition) is 5. The van der Waals surface area contributed by atoms with Crippen LogP contribution in [0.25, 0.3) is 0 Å². The predicted molar refractivity (Wildman–Crippen MR) is 64.1 cm³/mol. The van der Waals surface area contributed by atoms with E-state index in [1.165, 1.54) is 14.2 Å². The lowest BCUT2D eigenvalue weighted by molar-refractivity contribution is 0.0597. The Hall–Kier alpha value is -1.75. The maximum atomic E-state index is 11.6. The van der Waals surface area contributed by atoms with Crippen molar-refractivity contribution >= 4 is 5.97 Å². The number of carbonyl (C=O) groups is 1. The third kappa shape index (κ3) is 2.01. The van der Waals surface area contributed by atoms with E-state index in [4.69, 9.17) is 14.2 Å². The van der Waals surface area contributed by atoms with E-state index in [2.05, 4.69) is 0 Å². The molecule has 0 amide bonds. The summed E-state index contributed by atoms with van der Waals surface area (Å²) in [6.45, 7) is 1.67. The van der Waals surface area contributed by atoms with Crippen LogP contribution >= 0.6 is 0 Å². The highest BCUT2D eigenvalue weighted by Crippen LogP contribution is 2.39. The normalized spacial score (nSPS) is 18.8. The first-order valence-corrected chi connectivity index (χ1v) is 5.71. The number of fused-ring (bicyclic) bond motifs is 1. The first-order chi connectivity index (χ1) is 8.58. The third-order valence-electron chi connectivity index (χ3n) is 3.05. The van der Waals surface area contributed by atoms with E-state index in [-0.39, 0.29) is 6.10 Å². The number of esters is 1. The smallest absolute Gasteiger partial charge is 0.341 e. The summed E-state index contributed by atoms with van der Waals surface area (Å²) in [4.78, 5) is 11.6. The van der Waals surface area contributed by atoms with Crippen LogP contribution in [0, 0.1) is 0 Å². The Kier molecular flexibility index (Phi) is 3.43. The van der Waals surface area contributed by atoms with Gasteiger partial charge in [-0.1, -0.05) is 0 Å². The number of hydrogen-bond donors (Lipinski definition) is 1. The Morgan fingerprint density at radius 3 is 2.78 bits per heavy atom. The molecule has 0 spiro atoms. The summed E-state index contributed by atoms with van der Waals surface area (Å²) in [5.74, 6) is 0.656. The number of aliphatic hydroxyl groups is 1. The molecule has 0 aromatic heterocycles. The number of aliphatic hydroxyl groups excluding tert-OH is 1. The maximum Gasteiger partial charge on any atom is 0.341 e. The minimum atomic E-state index is -0.580. The number of benzene rings is 1. The van der Waals surface area contributed by atoms with Gasteiger partial charge in [0.05, 0.1) is 20.3 Å². The van der Waals surface area contributed by atoms with Crippen LogP contribution in [-0.2, 0) is 11.2 Å². The van der Waals surface area contributed by atoms with Crippen LogP contribution in [0.5, 0.6) is 11.5 Å². The molecule has 5 heteroatoms. The first kappa shape index (κ1) is 12.7. The van der Waals surface area contributed by atoms with Crippen molar-refractivity contribution in [2.75, 3.05) is 14.2 Å². The molecule has 0 bridgehead atoms. The van der Waals surface area contributed by atoms with Crippen molar-refractivity contribution in [1.82, 2.24) is 0 Å². The fourth-order valence-electron chi connectivity index (χ4n) is 2.09. The fourth-order valence-corrected chi connectivity index (χ4v) is 2.09. The molecule has 1 aromatic carbocycles. The van der Waals surface area contributed by atoms with Crippen molar-refractivity contribution in [2.45, 2.75) is 25.6 Å². The highest BCUT2D eigenvalue weighted by molar-refractivity contribution is 5.93.